The van der Waals surface area contributed by atoms with Crippen LogP contribution in [0.2, 0.25) is 0 Å². The van der Waals surface area contributed by atoms with Crippen molar-refractivity contribution in [2.45, 2.75) is 70.6 Å². The summed E-state index contributed by atoms with van der Waals surface area (Å²) in [6, 6.07) is -4.05. The van der Waals surface area contributed by atoms with E-state index in [-0.39, 0.29) is 25.3 Å². The predicted molar refractivity (Wildman–Crippen MR) is 128 cm³/mol. The van der Waals surface area contributed by atoms with Crippen molar-refractivity contribution in [1.29, 1.82) is 0 Å². The van der Waals surface area contributed by atoms with Crippen LogP contribution in [-0.4, -0.2) is 100 Å². The van der Waals surface area contributed by atoms with Crippen LogP contribution in [0.5, 0.6) is 0 Å². The second-order valence-electron chi connectivity index (χ2n) is 9.08. The molecule has 0 aromatic heterocycles. The van der Waals surface area contributed by atoms with E-state index in [1.165, 1.54) is 11.8 Å². The normalized spacial score (nSPS) is 17.3. The zero-order valence-electron chi connectivity index (χ0n) is 21.1. The third kappa shape index (κ3) is 10.4. The highest BCUT2D eigenvalue weighted by molar-refractivity contribution is 5.95. The van der Waals surface area contributed by atoms with E-state index in [1.54, 1.807) is 13.8 Å². The summed E-state index contributed by atoms with van der Waals surface area (Å²) in [6.45, 7) is 3.98. The van der Waals surface area contributed by atoms with Crippen LogP contribution in [0.15, 0.2) is 0 Å². The Morgan fingerprint density at radius 2 is 1.57 bits per heavy atom. The minimum absolute atomic E-state index is 0.106. The van der Waals surface area contributed by atoms with Crippen molar-refractivity contribution in [2.24, 2.45) is 11.7 Å². The highest BCUT2D eigenvalue weighted by Gasteiger charge is 2.39. The van der Waals surface area contributed by atoms with Gasteiger partial charge in [0.05, 0.1) is 12.6 Å². The number of amides is 5. The van der Waals surface area contributed by atoms with E-state index >= 15 is 0 Å². The van der Waals surface area contributed by atoms with Gasteiger partial charge in [-0.1, -0.05) is 13.8 Å². The first-order valence-corrected chi connectivity index (χ1v) is 11.9. The zero-order valence-corrected chi connectivity index (χ0v) is 21.1. The van der Waals surface area contributed by atoms with Gasteiger partial charge in [-0.05, 0) is 32.1 Å². The average molecular weight is 529 g/mol. The summed E-state index contributed by atoms with van der Waals surface area (Å²) < 4.78 is 0. The molecule has 4 atom stereocenters. The van der Waals surface area contributed by atoms with Gasteiger partial charge in [0, 0.05) is 13.0 Å². The number of carboxylic acids is 2. The summed E-state index contributed by atoms with van der Waals surface area (Å²) >= 11 is 0. The number of likely N-dealkylation sites (tertiary alicyclic amines) is 1. The van der Waals surface area contributed by atoms with Crippen LogP contribution in [0.1, 0.15) is 46.5 Å². The van der Waals surface area contributed by atoms with Crippen molar-refractivity contribution in [3.05, 3.63) is 0 Å². The van der Waals surface area contributed by atoms with E-state index < -0.39 is 78.7 Å². The first-order valence-electron chi connectivity index (χ1n) is 11.9. The van der Waals surface area contributed by atoms with Crippen molar-refractivity contribution < 1.29 is 43.8 Å². The van der Waals surface area contributed by atoms with Gasteiger partial charge in [-0.15, -0.1) is 0 Å². The van der Waals surface area contributed by atoms with Gasteiger partial charge in [0.25, 0.3) is 0 Å². The Balaban J connectivity index is 2.66. The second kappa shape index (κ2) is 14.7. The Labute approximate surface area is 213 Å². The third-order valence-electron chi connectivity index (χ3n) is 5.68. The molecule has 208 valence electrons. The van der Waals surface area contributed by atoms with Crippen molar-refractivity contribution >= 4 is 41.5 Å². The topological polar surface area (TPSA) is 237 Å². The Bertz CT molecular complexity index is 894. The van der Waals surface area contributed by atoms with E-state index in [2.05, 4.69) is 21.3 Å². The standard InChI is InChI=1S/C22H36N6O9/c1-11(2)18(22(37)28-8-4-5-14(28)21(36)25-10-17(32)33)27-19(34)12(3)26-15(29)9-24-20(35)13(23)6-7-16(30)31/h11-14,18H,4-10,23H2,1-3H3,(H,24,35)(H,25,36)(H,26,29)(H,27,34)(H,30,31)(H,32,33)/t12-,13-,14-,18-/m0/s1. The summed E-state index contributed by atoms with van der Waals surface area (Å²) in [7, 11) is 0. The lowest BCUT2D eigenvalue weighted by molar-refractivity contribution is -0.143. The molecule has 8 N–H and O–H groups in total. The van der Waals surface area contributed by atoms with E-state index in [4.69, 9.17) is 15.9 Å². The number of nitrogens with zero attached hydrogens (tertiary/aromatic N) is 1. The molecule has 0 unspecified atom stereocenters. The highest BCUT2D eigenvalue weighted by Crippen LogP contribution is 2.20. The highest BCUT2D eigenvalue weighted by atomic mass is 16.4. The molecule has 0 aromatic carbocycles. The van der Waals surface area contributed by atoms with E-state index in [0.29, 0.717) is 12.8 Å². The molecule has 1 saturated heterocycles. The molecule has 1 heterocycles. The van der Waals surface area contributed by atoms with Gasteiger partial charge in [0.1, 0.15) is 24.7 Å². The van der Waals surface area contributed by atoms with Crippen LogP contribution in [0.25, 0.3) is 0 Å². The van der Waals surface area contributed by atoms with Gasteiger partial charge in [-0.25, -0.2) is 0 Å². The van der Waals surface area contributed by atoms with Gasteiger partial charge in [0.2, 0.25) is 29.5 Å². The van der Waals surface area contributed by atoms with Crippen molar-refractivity contribution in [2.75, 3.05) is 19.6 Å². The Hall–Kier alpha value is -3.75. The smallest absolute Gasteiger partial charge is 0.322 e. The zero-order chi connectivity index (χ0) is 28.3. The van der Waals surface area contributed by atoms with Crippen LogP contribution < -0.4 is 27.0 Å². The number of rotatable bonds is 14. The average Bonchev–Trinajstić information content (AvgIpc) is 3.31. The number of hydrogen-bond acceptors (Lipinski definition) is 8. The minimum Gasteiger partial charge on any atom is -0.481 e. The molecule has 15 nitrogen and oxygen atoms in total. The molecule has 0 bridgehead atoms. The summed E-state index contributed by atoms with van der Waals surface area (Å²) in [6.07, 6.45) is 0.478. The predicted octanol–water partition coefficient (Wildman–Crippen LogP) is -2.87. The fraction of sp³-hybridized carbons (Fsp3) is 0.682. The summed E-state index contributed by atoms with van der Waals surface area (Å²) in [5.41, 5.74) is 5.56. The third-order valence-corrected chi connectivity index (χ3v) is 5.68. The summed E-state index contributed by atoms with van der Waals surface area (Å²) in [4.78, 5) is 84.8. The monoisotopic (exact) mass is 528 g/mol. The largest absolute Gasteiger partial charge is 0.481 e. The molecule has 1 aliphatic heterocycles. The van der Waals surface area contributed by atoms with Gasteiger partial charge in [-0.3, -0.25) is 33.6 Å². The number of carbonyl (C=O) groups excluding carboxylic acids is 5. The van der Waals surface area contributed by atoms with Gasteiger partial charge >= 0.3 is 11.9 Å². The maximum atomic E-state index is 13.2. The van der Waals surface area contributed by atoms with Crippen LogP contribution in [0.4, 0.5) is 0 Å². The lowest BCUT2D eigenvalue weighted by Crippen LogP contribution is -2.58. The molecule has 0 radical (unpaired) electrons. The van der Waals surface area contributed by atoms with Crippen LogP contribution in [0.3, 0.4) is 0 Å². The lowest BCUT2D eigenvalue weighted by Gasteiger charge is -2.31. The first kappa shape index (κ1) is 31.3. The fourth-order valence-electron chi connectivity index (χ4n) is 3.62. The minimum atomic E-state index is -1.21. The molecule has 1 fully saturated rings. The Kier molecular flexibility index (Phi) is 12.4. The molecule has 0 saturated carbocycles. The Morgan fingerprint density at radius 3 is 2.14 bits per heavy atom. The molecule has 15 heteroatoms. The molecule has 1 rings (SSSR count). The quantitative estimate of drug-likeness (QED) is 0.122. The number of aliphatic carboxylic acids is 2. The van der Waals surface area contributed by atoms with Gasteiger partial charge in [-0.2, -0.15) is 0 Å². The first-order chi connectivity index (χ1) is 17.2. The maximum absolute atomic E-state index is 13.2. The van der Waals surface area contributed by atoms with E-state index in [1.807, 2.05) is 0 Å². The SMILES string of the molecule is CC(C)[C@H](NC(=O)[C@H](C)NC(=O)CNC(=O)[C@@H](N)CCC(=O)O)C(=O)N1CCC[C@H]1C(=O)NCC(=O)O. The number of hydrogen-bond donors (Lipinski definition) is 7. The number of nitrogens with one attached hydrogen (secondary N) is 4. The molecule has 0 spiro atoms. The summed E-state index contributed by atoms with van der Waals surface area (Å²) in [5, 5.41) is 26.9. The van der Waals surface area contributed by atoms with Crippen LogP contribution in [-0.2, 0) is 33.6 Å². The molecular weight excluding hydrogens is 492 g/mol. The number of carboxylic acid groups (broad SMARTS) is 2. The van der Waals surface area contributed by atoms with Crippen molar-refractivity contribution in [3.63, 3.8) is 0 Å². The van der Waals surface area contributed by atoms with Gasteiger partial charge < -0.3 is 42.1 Å². The molecular formula is C22H36N6O9. The van der Waals surface area contributed by atoms with Crippen LogP contribution in [0, 0.1) is 5.92 Å². The lowest BCUT2D eigenvalue weighted by atomic mass is 10.0. The Morgan fingerprint density at radius 1 is 0.919 bits per heavy atom. The van der Waals surface area contributed by atoms with Gasteiger partial charge in [0.15, 0.2) is 0 Å². The van der Waals surface area contributed by atoms with Crippen LogP contribution >= 0.6 is 0 Å². The molecule has 0 aromatic rings. The summed E-state index contributed by atoms with van der Waals surface area (Å²) in [5.74, 6) is -5.88. The number of nitrogens with two attached hydrogens (primary N) is 1. The van der Waals surface area contributed by atoms with Crippen molar-refractivity contribution in [3.8, 4) is 0 Å². The van der Waals surface area contributed by atoms with E-state index in [0.717, 1.165) is 0 Å². The van der Waals surface area contributed by atoms with Crippen molar-refractivity contribution in [1.82, 2.24) is 26.2 Å². The number of carbonyl (C=O) groups is 7. The molecule has 1 aliphatic rings. The van der Waals surface area contributed by atoms with E-state index in [9.17, 15) is 33.6 Å². The second-order valence-corrected chi connectivity index (χ2v) is 9.08. The molecule has 5 amide bonds. The fourth-order valence-corrected chi connectivity index (χ4v) is 3.62. The molecule has 0 aliphatic carbocycles. The molecule has 37 heavy (non-hydrogen) atoms. The maximum Gasteiger partial charge on any atom is 0.322 e.